The number of carbonyl (C=O) groups excluding carboxylic acids is 1. The number of hydrogen-bond acceptors (Lipinski definition) is 3. The van der Waals surface area contributed by atoms with Crippen LogP contribution in [0.3, 0.4) is 0 Å². The van der Waals surface area contributed by atoms with Crippen LogP contribution >= 0.6 is 15.9 Å². The first-order chi connectivity index (χ1) is 10.8. The van der Waals surface area contributed by atoms with Gasteiger partial charge in [0.2, 0.25) is 0 Å². The van der Waals surface area contributed by atoms with E-state index < -0.39 is 5.60 Å². The molecule has 5 heteroatoms. The highest BCUT2D eigenvalue weighted by Crippen LogP contribution is 2.24. The van der Waals surface area contributed by atoms with Crippen LogP contribution < -0.4 is 5.32 Å². The largest absolute Gasteiger partial charge is 0.444 e. The van der Waals surface area contributed by atoms with E-state index in [1.165, 1.54) is 0 Å². The van der Waals surface area contributed by atoms with Crippen molar-refractivity contribution in [1.82, 2.24) is 5.32 Å². The van der Waals surface area contributed by atoms with Gasteiger partial charge >= 0.3 is 6.09 Å². The smallest absolute Gasteiger partial charge is 0.407 e. The molecule has 1 amide bonds. The number of alkyl carbamates (subject to hydrolysis) is 1. The van der Waals surface area contributed by atoms with Gasteiger partial charge in [0.25, 0.3) is 0 Å². The first-order valence-corrected chi connectivity index (χ1v) is 8.99. The van der Waals surface area contributed by atoms with E-state index in [2.05, 4.69) is 21.2 Å². The summed E-state index contributed by atoms with van der Waals surface area (Å²) in [4.78, 5) is 12.0. The lowest BCUT2D eigenvalue weighted by Gasteiger charge is -2.33. The van der Waals surface area contributed by atoms with Crippen LogP contribution in [0.5, 0.6) is 0 Å². The fraction of sp³-hybridized carbons (Fsp3) is 0.611. The molecule has 1 aromatic carbocycles. The van der Waals surface area contributed by atoms with Crippen LogP contribution in [0, 0.1) is 0 Å². The van der Waals surface area contributed by atoms with Crippen molar-refractivity contribution in [2.24, 2.45) is 0 Å². The summed E-state index contributed by atoms with van der Waals surface area (Å²) >= 11 is 3.54. The third kappa shape index (κ3) is 6.15. The number of benzene rings is 1. The minimum absolute atomic E-state index is 0.0149. The number of amides is 1. The molecule has 0 aromatic heterocycles. The van der Waals surface area contributed by atoms with E-state index in [9.17, 15) is 4.79 Å². The monoisotopic (exact) mass is 383 g/mol. The van der Waals surface area contributed by atoms with Crippen molar-refractivity contribution in [3.05, 3.63) is 34.3 Å². The number of hydrogen-bond donors (Lipinski definition) is 1. The third-order valence-corrected chi connectivity index (χ3v) is 4.59. The van der Waals surface area contributed by atoms with Crippen molar-refractivity contribution < 1.29 is 14.3 Å². The van der Waals surface area contributed by atoms with Crippen molar-refractivity contribution in [2.75, 3.05) is 0 Å². The highest BCUT2D eigenvalue weighted by molar-refractivity contribution is 9.10. The minimum Gasteiger partial charge on any atom is -0.444 e. The summed E-state index contributed by atoms with van der Waals surface area (Å²) in [5.41, 5.74) is 0.637. The molecule has 1 fully saturated rings. The van der Waals surface area contributed by atoms with E-state index in [0.717, 1.165) is 35.7 Å². The maximum Gasteiger partial charge on any atom is 0.407 e. The number of rotatable bonds is 4. The van der Waals surface area contributed by atoms with Crippen molar-refractivity contribution in [1.29, 1.82) is 0 Å². The summed E-state index contributed by atoms with van der Waals surface area (Å²) in [6, 6.07) is 8.06. The summed E-state index contributed by atoms with van der Waals surface area (Å²) in [7, 11) is 0. The van der Waals surface area contributed by atoms with Crippen LogP contribution in [0.2, 0.25) is 0 Å². The summed E-state index contributed by atoms with van der Waals surface area (Å²) in [6.07, 6.45) is 3.80. The Balaban J connectivity index is 1.90. The zero-order chi connectivity index (χ0) is 16.9. The summed E-state index contributed by atoms with van der Waals surface area (Å²) < 4.78 is 12.5. The van der Waals surface area contributed by atoms with Crippen molar-refractivity contribution in [3.63, 3.8) is 0 Å². The van der Waals surface area contributed by atoms with Gasteiger partial charge in [0.05, 0.1) is 18.8 Å². The molecule has 4 nitrogen and oxygen atoms in total. The molecule has 23 heavy (non-hydrogen) atoms. The molecule has 2 unspecified atom stereocenters. The Morgan fingerprint density at radius 1 is 1.26 bits per heavy atom. The summed E-state index contributed by atoms with van der Waals surface area (Å²) in [5.74, 6) is 0. The number of nitrogens with one attached hydrogen (secondary N) is 1. The van der Waals surface area contributed by atoms with Crippen LogP contribution in [-0.2, 0) is 16.1 Å². The quantitative estimate of drug-likeness (QED) is 0.811. The van der Waals surface area contributed by atoms with E-state index in [4.69, 9.17) is 9.47 Å². The lowest BCUT2D eigenvalue weighted by atomic mass is 9.92. The summed E-state index contributed by atoms with van der Waals surface area (Å²) in [5, 5.41) is 2.98. The van der Waals surface area contributed by atoms with Gasteiger partial charge in [0.1, 0.15) is 5.60 Å². The Kier molecular flexibility index (Phi) is 6.48. The van der Waals surface area contributed by atoms with E-state index in [1.54, 1.807) is 0 Å². The van der Waals surface area contributed by atoms with Crippen LogP contribution in [0.4, 0.5) is 4.79 Å². The zero-order valence-electron chi connectivity index (χ0n) is 14.1. The molecule has 1 aliphatic carbocycles. The fourth-order valence-electron chi connectivity index (χ4n) is 2.73. The molecule has 2 rings (SSSR count). The topological polar surface area (TPSA) is 47.6 Å². The second kappa shape index (κ2) is 8.15. The normalized spacial score (nSPS) is 21.7. The van der Waals surface area contributed by atoms with Gasteiger partial charge in [-0.15, -0.1) is 0 Å². The molecule has 2 atom stereocenters. The van der Waals surface area contributed by atoms with E-state index >= 15 is 0 Å². The van der Waals surface area contributed by atoms with Crippen LogP contribution in [0.15, 0.2) is 28.7 Å². The van der Waals surface area contributed by atoms with Crippen LogP contribution in [0.1, 0.15) is 52.0 Å². The average Bonchev–Trinajstić information content (AvgIpc) is 2.46. The molecule has 0 saturated heterocycles. The van der Waals surface area contributed by atoms with Crippen molar-refractivity contribution in [2.45, 2.75) is 70.8 Å². The SMILES string of the molecule is CC(C)(C)OC(=O)NC1CCCCC1OCc1ccccc1Br. The zero-order valence-corrected chi connectivity index (χ0v) is 15.7. The van der Waals surface area contributed by atoms with Crippen LogP contribution in [0.25, 0.3) is 0 Å². The first kappa shape index (κ1) is 18.3. The average molecular weight is 384 g/mol. The van der Waals surface area contributed by atoms with E-state index in [0.29, 0.717) is 6.61 Å². The molecule has 0 heterocycles. The van der Waals surface area contributed by atoms with Gasteiger partial charge in [-0.05, 0) is 45.2 Å². The number of halogens is 1. The molecule has 1 saturated carbocycles. The highest BCUT2D eigenvalue weighted by atomic mass is 79.9. The molecular weight excluding hydrogens is 358 g/mol. The molecule has 1 aliphatic rings. The number of carbonyl (C=O) groups is 1. The number of ether oxygens (including phenoxy) is 2. The maximum atomic E-state index is 12.0. The second-order valence-corrected chi connectivity index (χ2v) is 7.83. The molecule has 0 aliphatic heterocycles. The Hall–Kier alpha value is -1.07. The standard InChI is InChI=1S/C18H26BrNO3/c1-18(2,3)23-17(21)20-15-10-6-7-11-16(15)22-12-13-8-4-5-9-14(13)19/h4-5,8-9,15-16H,6-7,10-12H2,1-3H3,(H,20,21). The van der Waals surface area contributed by atoms with Crippen molar-refractivity contribution in [3.8, 4) is 0 Å². The molecule has 0 bridgehead atoms. The van der Waals surface area contributed by atoms with Gasteiger partial charge in [-0.2, -0.15) is 0 Å². The Bertz CT molecular complexity index is 527. The molecule has 1 N–H and O–H groups in total. The van der Waals surface area contributed by atoms with Gasteiger partial charge in [0, 0.05) is 4.47 Å². The Morgan fingerprint density at radius 2 is 1.96 bits per heavy atom. The summed E-state index contributed by atoms with van der Waals surface area (Å²) in [6.45, 7) is 6.15. The molecule has 0 spiro atoms. The van der Waals surface area contributed by atoms with Gasteiger partial charge in [0.15, 0.2) is 0 Å². The third-order valence-electron chi connectivity index (χ3n) is 3.82. The lowest BCUT2D eigenvalue weighted by molar-refractivity contribution is -0.0115. The Labute approximate surface area is 147 Å². The molecular formula is C18H26BrNO3. The maximum absolute atomic E-state index is 12.0. The first-order valence-electron chi connectivity index (χ1n) is 8.20. The van der Waals surface area contributed by atoms with Gasteiger partial charge in [-0.3, -0.25) is 0 Å². The molecule has 1 aromatic rings. The van der Waals surface area contributed by atoms with Gasteiger partial charge < -0.3 is 14.8 Å². The van der Waals surface area contributed by atoms with Crippen molar-refractivity contribution >= 4 is 22.0 Å². The minimum atomic E-state index is -0.482. The molecule has 128 valence electrons. The second-order valence-electron chi connectivity index (χ2n) is 6.98. The Morgan fingerprint density at radius 3 is 2.65 bits per heavy atom. The van der Waals surface area contributed by atoms with E-state index in [-0.39, 0.29) is 18.2 Å². The fourth-order valence-corrected chi connectivity index (χ4v) is 3.13. The highest BCUT2D eigenvalue weighted by Gasteiger charge is 2.29. The van der Waals surface area contributed by atoms with Gasteiger partial charge in [-0.1, -0.05) is 47.0 Å². The molecule has 0 radical (unpaired) electrons. The predicted octanol–water partition coefficient (Wildman–Crippen LogP) is 4.80. The van der Waals surface area contributed by atoms with Crippen LogP contribution in [-0.4, -0.2) is 23.8 Å². The predicted molar refractivity (Wildman–Crippen MR) is 94.3 cm³/mol. The van der Waals surface area contributed by atoms with Gasteiger partial charge in [-0.25, -0.2) is 4.79 Å². The van der Waals surface area contributed by atoms with E-state index in [1.807, 2.05) is 45.0 Å². The lowest BCUT2D eigenvalue weighted by Crippen LogP contribution is -2.47.